The zero-order valence-corrected chi connectivity index (χ0v) is 9.30. The lowest BCUT2D eigenvalue weighted by Gasteiger charge is -2.08. The summed E-state index contributed by atoms with van der Waals surface area (Å²) in [6, 6.07) is 9.10. The van der Waals surface area contributed by atoms with Gasteiger partial charge in [0.2, 0.25) is 0 Å². The first-order valence-corrected chi connectivity index (χ1v) is 5.44. The van der Waals surface area contributed by atoms with Crippen LogP contribution in [0.3, 0.4) is 0 Å². The number of hydrogen-bond acceptors (Lipinski definition) is 4. The molecule has 1 aromatic carbocycles. The molecule has 0 radical (unpaired) electrons. The molecule has 17 heavy (non-hydrogen) atoms. The van der Waals surface area contributed by atoms with Gasteiger partial charge < -0.3 is 9.84 Å². The molecular weight excluding hydrogens is 218 g/mol. The number of aldehydes is 1. The molecule has 0 atom stereocenters. The van der Waals surface area contributed by atoms with Gasteiger partial charge in [-0.3, -0.25) is 4.79 Å². The van der Waals surface area contributed by atoms with Gasteiger partial charge in [-0.25, -0.2) is 4.98 Å². The zero-order valence-electron chi connectivity index (χ0n) is 9.30. The predicted molar refractivity (Wildman–Crippen MR) is 64.3 cm³/mol. The molecular formula is C13H13NO3. The van der Waals surface area contributed by atoms with Crippen molar-refractivity contribution in [3.63, 3.8) is 0 Å². The van der Waals surface area contributed by atoms with Crippen LogP contribution in [-0.2, 0) is 0 Å². The summed E-state index contributed by atoms with van der Waals surface area (Å²) in [5.41, 5.74) is 1.06. The monoisotopic (exact) mass is 231 g/mol. The lowest BCUT2D eigenvalue weighted by Crippen LogP contribution is -2.01. The Morgan fingerprint density at radius 2 is 2.18 bits per heavy atom. The van der Waals surface area contributed by atoms with Gasteiger partial charge in [-0.1, -0.05) is 18.2 Å². The van der Waals surface area contributed by atoms with Crippen molar-refractivity contribution in [2.75, 3.05) is 13.2 Å². The zero-order chi connectivity index (χ0) is 12.1. The Morgan fingerprint density at radius 3 is 2.94 bits per heavy atom. The maximum Gasteiger partial charge on any atom is 0.168 e. The molecule has 2 rings (SSSR count). The predicted octanol–water partition coefficient (Wildman–Crippen LogP) is 1.81. The first-order valence-electron chi connectivity index (χ1n) is 5.44. The Labute approximate surface area is 98.9 Å². The average molecular weight is 231 g/mol. The largest absolute Gasteiger partial charge is 0.491 e. The number of aliphatic hydroxyl groups excluding tert-OH is 1. The lowest BCUT2D eigenvalue weighted by atomic mass is 10.2. The van der Waals surface area contributed by atoms with E-state index in [0.29, 0.717) is 36.3 Å². The Kier molecular flexibility index (Phi) is 3.67. The van der Waals surface area contributed by atoms with E-state index >= 15 is 0 Å². The fourth-order valence-electron chi connectivity index (χ4n) is 1.56. The van der Waals surface area contributed by atoms with Crippen LogP contribution in [0.4, 0.5) is 0 Å². The highest BCUT2D eigenvalue weighted by molar-refractivity contribution is 5.87. The lowest BCUT2D eigenvalue weighted by molar-refractivity contribution is 0.111. The molecule has 4 nitrogen and oxygen atoms in total. The highest BCUT2D eigenvalue weighted by Crippen LogP contribution is 2.23. The van der Waals surface area contributed by atoms with Crippen LogP contribution in [-0.4, -0.2) is 29.6 Å². The van der Waals surface area contributed by atoms with Crippen molar-refractivity contribution in [2.45, 2.75) is 6.42 Å². The highest BCUT2D eigenvalue weighted by Gasteiger charge is 2.04. The first-order chi connectivity index (χ1) is 8.35. The number of carbonyl (C=O) groups is 1. The fourth-order valence-corrected chi connectivity index (χ4v) is 1.56. The number of rotatable bonds is 5. The number of hydrogen-bond donors (Lipinski definition) is 1. The summed E-state index contributed by atoms with van der Waals surface area (Å²) in [4.78, 5) is 14.9. The third kappa shape index (κ3) is 2.60. The smallest absolute Gasteiger partial charge is 0.168 e. The van der Waals surface area contributed by atoms with Crippen LogP contribution in [0.25, 0.3) is 10.9 Å². The number of pyridine rings is 1. The average Bonchev–Trinajstić information content (AvgIpc) is 2.39. The number of carbonyl (C=O) groups excluding carboxylic acids is 1. The Morgan fingerprint density at radius 1 is 1.29 bits per heavy atom. The highest BCUT2D eigenvalue weighted by atomic mass is 16.5. The van der Waals surface area contributed by atoms with E-state index in [-0.39, 0.29) is 6.61 Å². The normalized spacial score (nSPS) is 10.4. The van der Waals surface area contributed by atoms with Gasteiger partial charge in [-0.05, 0) is 12.1 Å². The van der Waals surface area contributed by atoms with E-state index in [4.69, 9.17) is 9.84 Å². The van der Waals surface area contributed by atoms with Gasteiger partial charge in [0.15, 0.2) is 6.29 Å². The van der Waals surface area contributed by atoms with Gasteiger partial charge >= 0.3 is 0 Å². The number of para-hydroxylation sites is 1. The van der Waals surface area contributed by atoms with E-state index in [1.165, 1.54) is 0 Å². The molecule has 2 aromatic rings. The third-order valence-electron chi connectivity index (χ3n) is 2.39. The molecule has 0 spiro atoms. The second-order valence-electron chi connectivity index (χ2n) is 3.61. The van der Waals surface area contributed by atoms with E-state index in [1.54, 1.807) is 12.1 Å². The van der Waals surface area contributed by atoms with Gasteiger partial charge in [-0.15, -0.1) is 0 Å². The number of nitrogens with zero attached hydrogens (tertiary/aromatic N) is 1. The molecule has 0 aliphatic rings. The molecule has 0 unspecified atom stereocenters. The fraction of sp³-hybridized carbons (Fsp3) is 0.231. The summed E-state index contributed by atoms with van der Waals surface area (Å²) < 4.78 is 5.52. The molecule has 1 heterocycles. The van der Waals surface area contributed by atoms with E-state index in [0.717, 1.165) is 5.39 Å². The van der Waals surface area contributed by atoms with E-state index in [1.807, 2.05) is 18.2 Å². The van der Waals surface area contributed by atoms with Crippen molar-refractivity contribution in [1.29, 1.82) is 0 Å². The van der Waals surface area contributed by atoms with Gasteiger partial charge in [0.05, 0.1) is 6.61 Å². The summed E-state index contributed by atoms with van der Waals surface area (Å²) in [6.07, 6.45) is 1.29. The van der Waals surface area contributed by atoms with Gasteiger partial charge in [0, 0.05) is 18.4 Å². The molecule has 0 fully saturated rings. The van der Waals surface area contributed by atoms with Crippen LogP contribution < -0.4 is 4.74 Å². The van der Waals surface area contributed by atoms with Crippen LogP contribution >= 0.6 is 0 Å². The molecule has 0 amide bonds. The first kappa shape index (κ1) is 11.5. The summed E-state index contributed by atoms with van der Waals surface area (Å²) in [7, 11) is 0. The molecule has 1 aromatic heterocycles. The van der Waals surface area contributed by atoms with Gasteiger partial charge in [0.25, 0.3) is 0 Å². The molecule has 0 saturated carbocycles. The van der Waals surface area contributed by atoms with Crippen molar-refractivity contribution >= 4 is 17.2 Å². The quantitative estimate of drug-likeness (QED) is 0.629. The number of fused-ring (bicyclic) bond motifs is 1. The number of aromatic nitrogens is 1. The molecule has 0 saturated heterocycles. The Balaban J connectivity index is 2.36. The minimum absolute atomic E-state index is 0.0950. The number of benzene rings is 1. The maximum atomic E-state index is 10.7. The number of aliphatic hydroxyl groups is 1. The summed E-state index contributed by atoms with van der Waals surface area (Å²) in [5.74, 6) is 0.639. The van der Waals surface area contributed by atoms with Crippen LogP contribution in [0.2, 0.25) is 0 Å². The summed E-state index contributed by atoms with van der Waals surface area (Å²) >= 11 is 0. The molecule has 88 valence electrons. The molecule has 1 N–H and O–H groups in total. The maximum absolute atomic E-state index is 10.7. The van der Waals surface area contributed by atoms with Crippen molar-refractivity contribution in [3.8, 4) is 5.75 Å². The van der Waals surface area contributed by atoms with Crippen molar-refractivity contribution in [2.24, 2.45) is 0 Å². The molecule has 0 aliphatic carbocycles. The number of ether oxygens (including phenoxy) is 1. The standard InChI is InChI=1S/C13H13NO3/c15-7-2-8-17-12-4-1-3-10-5-6-11(9-16)14-13(10)12/h1,3-6,9,15H,2,7-8H2. The van der Waals surface area contributed by atoms with Crippen molar-refractivity contribution in [1.82, 2.24) is 4.98 Å². The molecule has 0 aliphatic heterocycles. The van der Waals surface area contributed by atoms with Crippen molar-refractivity contribution in [3.05, 3.63) is 36.0 Å². The minimum Gasteiger partial charge on any atom is -0.491 e. The molecule has 4 heteroatoms. The van der Waals surface area contributed by atoms with E-state index < -0.39 is 0 Å². The Bertz CT molecular complexity index is 525. The van der Waals surface area contributed by atoms with Gasteiger partial charge in [-0.2, -0.15) is 0 Å². The topological polar surface area (TPSA) is 59.4 Å². The minimum atomic E-state index is 0.0950. The molecule has 0 bridgehead atoms. The van der Waals surface area contributed by atoms with Crippen LogP contribution in [0, 0.1) is 0 Å². The Hall–Kier alpha value is -1.94. The SMILES string of the molecule is O=Cc1ccc2cccc(OCCCO)c2n1. The third-order valence-corrected chi connectivity index (χ3v) is 2.39. The van der Waals surface area contributed by atoms with Gasteiger partial charge in [0.1, 0.15) is 17.0 Å². The second kappa shape index (κ2) is 5.41. The van der Waals surface area contributed by atoms with Crippen LogP contribution in [0.1, 0.15) is 16.9 Å². The summed E-state index contributed by atoms with van der Waals surface area (Å²) in [5, 5.41) is 9.63. The van der Waals surface area contributed by atoms with Crippen LogP contribution in [0.5, 0.6) is 5.75 Å². The second-order valence-corrected chi connectivity index (χ2v) is 3.61. The van der Waals surface area contributed by atoms with Crippen molar-refractivity contribution < 1.29 is 14.6 Å². The van der Waals surface area contributed by atoms with Crippen LogP contribution in [0.15, 0.2) is 30.3 Å². The van der Waals surface area contributed by atoms with E-state index in [2.05, 4.69) is 4.98 Å². The van der Waals surface area contributed by atoms with E-state index in [9.17, 15) is 4.79 Å². The summed E-state index contributed by atoms with van der Waals surface area (Å²) in [6.45, 7) is 0.528.